The first kappa shape index (κ1) is 8.46. The van der Waals surface area contributed by atoms with Gasteiger partial charge in [-0.25, -0.2) is 4.98 Å². The number of hydrogen-bond acceptors (Lipinski definition) is 3. The van der Waals surface area contributed by atoms with Gasteiger partial charge in [-0.1, -0.05) is 17.7 Å². The van der Waals surface area contributed by atoms with Crippen molar-refractivity contribution in [2.45, 2.75) is 6.04 Å². The van der Waals surface area contributed by atoms with Gasteiger partial charge in [0.05, 0.1) is 11.7 Å². The molecule has 1 rings (SSSR count). The maximum absolute atomic E-state index is 5.64. The molecular formula is C7H10ClN3. The van der Waals surface area contributed by atoms with Crippen molar-refractivity contribution in [1.82, 2.24) is 4.98 Å². The van der Waals surface area contributed by atoms with Crippen LogP contribution in [-0.4, -0.2) is 11.5 Å². The van der Waals surface area contributed by atoms with E-state index in [2.05, 4.69) is 4.98 Å². The number of nitrogens with zero attached hydrogens (tertiary/aromatic N) is 1. The first-order chi connectivity index (χ1) is 5.24. The third-order valence-electron chi connectivity index (χ3n) is 1.37. The molecule has 0 fully saturated rings. The molecule has 1 heterocycles. The highest BCUT2D eigenvalue weighted by Crippen LogP contribution is 2.09. The number of pyridine rings is 1. The Morgan fingerprint density at radius 3 is 2.82 bits per heavy atom. The summed E-state index contributed by atoms with van der Waals surface area (Å²) < 4.78 is 0. The second kappa shape index (κ2) is 3.67. The molecule has 4 N–H and O–H groups in total. The van der Waals surface area contributed by atoms with Crippen molar-refractivity contribution in [2.75, 3.05) is 6.54 Å². The van der Waals surface area contributed by atoms with E-state index < -0.39 is 0 Å². The van der Waals surface area contributed by atoms with Crippen LogP contribution < -0.4 is 11.5 Å². The molecule has 0 aliphatic carbocycles. The van der Waals surface area contributed by atoms with Gasteiger partial charge in [0.1, 0.15) is 5.15 Å². The van der Waals surface area contributed by atoms with E-state index in [1.54, 1.807) is 12.1 Å². The SMILES string of the molecule is NC[C@@H](N)c1cccc(Cl)n1. The summed E-state index contributed by atoms with van der Waals surface area (Å²) in [5, 5.41) is 0.450. The zero-order valence-electron chi connectivity index (χ0n) is 6.00. The first-order valence-electron chi connectivity index (χ1n) is 3.32. The lowest BCUT2D eigenvalue weighted by atomic mass is 10.2. The molecule has 0 saturated heterocycles. The van der Waals surface area contributed by atoms with Crippen LogP contribution in [0.2, 0.25) is 5.15 Å². The number of halogens is 1. The van der Waals surface area contributed by atoms with Gasteiger partial charge in [-0.15, -0.1) is 0 Å². The Morgan fingerprint density at radius 1 is 1.55 bits per heavy atom. The average molecular weight is 172 g/mol. The minimum Gasteiger partial charge on any atom is -0.329 e. The van der Waals surface area contributed by atoms with Crippen LogP contribution in [0.25, 0.3) is 0 Å². The molecule has 11 heavy (non-hydrogen) atoms. The third kappa shape index (κ3) is 2.15. The molecule has 0 saturated carbocycles. The molecule has 3 nitrogen and oxygen atoms in total. The van der Waals surface area contributed by atoms with E-state index in [0.717, 1.165) is 5.69 Å². The fourth-order valence-corrected chi connectivity index (χ4v) is 0.922. The number of rotatable bonds is 2. The number of nitrogens with two attached hydrogens (primary N) is 2. The van der Waals surface area contributed by atoms with E-state index in [9.17, 15) is 0 Å². The van der Waals surface area contributed by atoms with Gasteiger partial charge in [0.15, 0.2) is 0 Å². The Bertz CT molecular complexity index is 239. The Morgan fingerprint density at radius 2 is 2.27 bits per heavy atom. The Hall–Kier alpha value is -0.640. The zero-order chi connectivity index (χ0) is 8.27. The van der Waals surface area contributed by atoms with Crippen molar-refractivity contribution in [2.24, 2.45) is 11.5 Å². The second-order valence-corrected chi connectivity index (χ2v) is 2.61. The summed E-state index contributed by atoms with van der Waals surface area (Å²) >= 11 is 5.64. The van der Waals surface area contributed by atoms with Crippen LogP contribution in [0.15, 0.2) is 18.2 Å². The van der Waals surface area contributed by atoms with Crippen LogP contribution in [-0.2, 0) is 0 Å². The topological polar surface area (TPSA) is 64.9 Å². The summed E-state index contributed by atoms with van der Waals surface area (Å²) in [4.78, 5) is 4.00. The molecular weight excluding hydrogens is 162 g/mol. The van der Waals surface area contributed by atoms with Crippen molar-refractivity contribution < 1.29 is 0 Å². The van der Waals surface area contributed by atoms with E-state index in [4.69, 9.17) is 23.1 Å². The van der Waals surface area contributed by atoms with E-state index in [1.165, 1.54) is 0 Å². The van der Waals surface area contributed by atoms with E-state index in [0.29, 0.717) is 11.7 Å². The van der Waals surface area contributed by atoms with Crippen molar-refractivity contribution >= 4 is 11.6 Å². The van der Waals surface area contributed by atoms with Crippen LogP contribution in [0.4, 0.5) is 0 Å². The molecule has 0 unspecified atom stereocenters. The monoisotopic (exact) mass is 171 g/mol. The van der Waals surface area contributed by atoms with Gasteiger partial charge in [0.25, 0.3) is 0 Å². The van der Waals surface area contributed by atoms with E-state index >= 15 is 0 Å². The van der Waals surface area contributed by atoms with Crippen molar-refractivity contribution in [3.63, 3.8) is 0 Å². The summed E-state index contributed by atoms with van der Waals surface area (Å²) in [5.74, 6) is 0. The van der Waals surface area contributed by atoms with E-state index in [-0.39, 0.29) is 6.04 Å². The molecule has 1 atom stereocenters. The van der Waals surface area contributed by atoms with Gasteiger partial charge in [0, 0.05) is 6.54 Å². The minimum absolute atomic E-state index is 0.214. The summed E-state index contributed by atoms with van der Waals surface area (Å²) in [7, 11) is 0. The maximum Gasteiger partial charge on any atom is 0.129 e. The molecule has 4 heteroatoms. The summed E-state index contributed by atoms with van der Waals surface area (Å²) in [5.41, 5.74) is 11.7. The van der Waals surface area contributed by atoms with Gasteiger partial charge >= 0.3 is 0 Å². The molecule has 60 valence electrons. The Labute approximate surface area is 70.4 Å². The summed E-state index contributed by atoms with van der Waals surface area (Å²) in [6.07, 6.45) is 0. The smallest absolute Gasteiger partial charge is 0.129 e. The molecule has 0 aromatic carbocycles. The summed E-state index contributed by atoms with van der Waals surface area (Å²) in [6, 6.07) is 5.10. The minimum atomic E-state index is -0.214. The standard InChI is InChI=1S/C7H10ClN3/c8-7-3-1-2-6(11-7)5(10)4-9/h1-3,5H,4,9-10H2/t5-/m1/s1. The molecule has 1 aromatic heterocycles. The van der Waals surface area contributed by atoms with Crippen LogP contribution in [0.1, 0.15) is 11.7 Å². The van der Waals surface area contributed by atoms with Gasteiger partial charge < -0.3 is 11.5 Å². The predicted molar refractivity (Wildman–Crippen MR) is 45.2 cm³/mol. The van der Waals surface area contributed by atoms with Crippen LogP contribution in [0.5, 0.6) is 0 Å². The van der Waals surface area contributed by atoms with Crippen molar-refractivity contribution in [3.8, 4) is 0 Å². The zero-order valence-corrected chi connectivity index (χ0v) is 6.75. The molecule has 0 spiro atoms. The quantitative estimate of drug-likeness (QED) is 0.644. The molecule has 0 radical (unpaired) electrons. The highest BCUT2D eigenvalue weighted by molar-refractivity contribution is 6.29. The predicted octanol–water partition coefficient (Wildman–Crippen LogP) is 0.693. The average Bonchev–Trinajstić information content (AvgIpc) is 2.03. The number of hydrogen-bond donors (Lipinski definition) is 2. The highest BCUT2D eigenvalue weighted by atomic mass is 35.5. The van der Waals surface area contributed by atoms with E-state index in [1.807, 2.05) is 6.07 Å². The fourth-order valence-electron chi connectivity index (χ4n) is 0.751. The molecule has 0 bridgehead atoms. The first-order valence-corrected chi connectivity index (χ1v) is 3.70. The molecule has 0 amide bonds. The van der Waals surface area contributed by atoms with Crippen molar-refractivity contribution in [1.29, 1.82) is 0 Å². The Kier molecular flexibility index (Phi) is 2.82. The van der Waals surface area contributed by atoms with Gasteiger partial charge in [-0.05, 0) is 12.1 Å². The van der Waals surface area contributed by atoms with Gasteiger partial charge in [0.2, 0.25) is 0 Å². The normalized spacial score (nSPS) is 13.0. The third-order valence-corrected chi connectivity index (χ3v) is 1.58. The number of aromatic nitrogens is 1. The van der Waals surface area contributed by atoms with Crippen LogP contribution in [0.3, 0.4) is 0 Å². The second-order valence-electron chi connectivity index (χ2n) is 2.23. The van der Waals surface area contributed by atoms with Crippen molar-refractivity contribution in [3.05, 3.63) is 29.0 Å². The van der Waals surface area contributed by atoms with Crippen LogP contribution >= 0.6 is 11.6 Å². The summed E-state index contributed by atoms with van der Waals surface area (Å²) in [6.45, 7) is 0.382. The lowest BCUT2D eigenvalue weighted by Crippen LogP contribution is -2.21. The van der Waals surface area contributed by atoms with Gasteiger partial charge in [-0.3, -0.25) is 0 Å². The highest BCUT2D eigenvalue weighted by Gasteiger charge is 2.03. The Balaban J connectivity index is 2.86. The molecule has 1 aromatic rings. The fraction of sp³-hybridized carbons (Fsp3) is 0.286. The van der Waals surface area contributed by atoms with Crippen LogP contribution in [0, 0.1) is 0 Å². The lowest BCUT2D eigenvalue weighted by Gasteiger charge is -2.06. The lowest BCUT2D eigenvalue weighted by molar-refractivity contribution is 0.711. The molecule has 0 aliphatic heterocycles. The maximum atomic E-state index is 5.64. The largest absolute Gasteiger partial charge is 0.329 e. The molecule has 0 aliphatic rings. The van der Waals surface area contributed by atoms with Gasteiger partial charge in [-0.2, -0.15) is 0 Å².